The third-order valence-electron chi connectivity index (χ3n) is 5.40. The number of nitrogens with one attached hydrogen (secondary N) is 1. The van der Waals surface area contributed by atoms with E-state index in [0.29, 0.717) is 5.75 Å². The molecule has 2 N–H and O–H groups in total. The molecule has 2 nitrogen and oxygen atoms in total. The first kappa shape index (κ1) is 22.3. The molecule has 0 radical (unpaired) electrons. The Kier molecular flexibility index (Phi) is 11.2. The van der Waals surface area contributed by atoms with Crippen LogP contribution in [0.25, 0.3) is 0 Å². The molecule has 0 heterocycles. The van der Waals surface area contributed by atoms with E-state index in [-0.39, 0.29) is 0 Å². The predicted octanol–water partition coefficient (Wildman–Crippen LogP) is 8.38. The topological polar surface area (TPSA) is 32.3 Å². The summed E-state index contributed by atoms with van der Waals surface area (Å²) in [6, 6.07) is 15.9. The molecule has 0 amide bonds. The summed E-state index contributed by atoms with van der Waals surface area (Å²) in [4.78, 5) is 0. The second kappa shape index (κ2) is 14.1. The van der Waals surface area contributed by atoms with Crippen molar-refractivity contribution in [3.63, 3.8) is 0 Å². The first-order valence-electron chi connectivity index (χ1n) is 11.4. The molecule has 0 atom stereocenters. The van der Waals surface area contributed by atoms with Crippen molar-refractivity contribution in [1.29, 1.82) is 0 Å². The van der Waals surface area contributed by atoms with Gasteiger partial charge in [0.15, 0.2) is 0 Å². The van der Waals surface area contributed by atoms with Crippen molar-refractivity contribution in [2.75, 3.05) is 5.32 Å². The Hall–Kier alpha value is -1.96. The molecule has 0 saturated carbocycles. The summed E-state index contributed by atoms with van der Waals surface area (Å²) in [6.45, 7) is 2.28. The van der Waals surface area contributed by atoms with Crippen LogP contribution in [0.3, 0.4) is 0 Å². The monoisotopic (exact) mass is 381 g/mol. The van der Waals surface area contributed by atoms with E-state index in [4.69, 9.17) is 0 Å². The maximum atomic E-state index is 9.38. The highest BCUT2D eigenvalue weighted by atomic mass is 16.3. The zero-order valence-corrected chi connectivity index (χ0v) is 17.8. The summed E-state index contributed by atoms with van der Waals surface area (Å²) >= 11 is 0. The highest BCUT2D eigenvalue weighted by Crippen LogP contribution is 2.21. The molecule has 0 aliphatic heterocycles. The van der Waals surface area contributed by atoms with E-state index in [9.17, 15) is 5.11 Å². The van der Waals surface area contributed by atoms with Crippen LogP contribution in [-0.2, 0) is 6.42 Å². The van der Waals surface area contributed by atoms with Gasteiger partial charge in [-0.2, -0.15) is 0 Å². The van der Waals surface area contributed by atoms with Crippen molar-refractivity contribution in [3.05, 3.63) is 54.1 Å². The number of aryl methyl sites for hydroxylation is 1. The fourth-order valence-electron chi connectivity index (χ4n) is 3.69. The number of phenolic OH excluding ortho intramolecular Hbond substituents is 1. The van der Waals surface area contributed by atoms with E-state index < -0.39 is 0 Å². The Bertz CT molecular complexity index is 635. The fourth-order valence-corrected chi connectivity index (χ4v) is 3.69. The van der Waals surface area contributed by atoms with Crippen LogP contribution >= 0.6 is 0 Å². The van der Waals surface area contributed by atoms with Crippen LogP contribution in [0.2, 0.25) is 0 Å². The van der Waals surface area contributed by atoms with Gasteiger partial charge in [0.2, 0.25) is 0 Å². The van der Waals surface area contributed by atoms with Crippen LogP contribution < -0.4 is 5.32 Å². The minimum absolute atomic E-state index is 0.297. The predicted molar refractivity (Wildman–Crippen MR) is 123 cm³/mol. The Balaban J connectivity index is 1.53. The van der Waals surface area contributed by atoms with E-state index in [1.807, 2.05) is 12.1 Å². The van der Waals surface area contributed by atoms with Gasteiger partial charge in [0, 0.05) is 11.4 Å². The van der Waals surface area contributed by atoms with Gasteiger partial charge in [-0.05, 0) is 54.8 Å². The van der Waals surface area contributed by atoms with E-state index >= 15 is 0 Å². The van der Waals surface area contributed by atoms with Crippen LogP contribution in [0.1, 0.15) is 89.5 Å². The molecule has 0 aliphatic carbocycles. The van der Waals surface area contributed by atoms with Crippen LogP contribution in [0.5, 0.6) is 5.75 Å². The molecule has 0 aromatic heterocycles. The maximum Gasteiger partial charge on any atom is 0.115 e. The number of hydrogen-bond donors (Lipinski definition) is 2. The fraction of sp³-hybridized carbons (Fsp3) is 0.538. The van der Waals surface area contributed by atoms with E-state index in [1.165, 1.54) is 82.6 Å². The van der Waals surface area contributed by atoms with Gasteiger partial charge in [-0.1, -0.05) is 89.7 Å². The Labute approximate surface area is 172 Å². The highest BCUT2D eigenvalue weighted by molar-refractivity contribution is 5.60. The lowest BCUT2D eigenvalue weighted by Gasteiger charge is -2.09. The minimum atomic E-state index is 0.297. The molecular formula is C26H39NO. The molecule has 2 rings (SSSR count). The number of rotatable bonds is 15. The molecular weight excluding hydrogens is 342 g/mol. The largest absolute Gasteiger partial charge is 0.508 e. The molecule has 154 valence electrons. The van der Waals surface area contributed by atoms with Crippen molar-refractivity contribution in [2.24, 2.45) is 0 Å². The van der Waals surface area contributed by atoms with Crippen LogP contribution in [0.15, 0.2) is 48.5 Å². The first-order chi connectivity index (χ1) is 13.8. The molecule has 28 heavy (non-hydrogen) atoms. The lowest BCUT2D eigenvalue weighted by Crippen LogP contribution is -1.92. The number of aromatic hydroxyl groups is 1. The summed E-state index contributed by atoms with van der Waals surface area (Å²) in [7, 11) is 0. The van der Waals surface area contributed by atoms with E-state index in [1.54, 1.807) is 12.1 Å². The number of benzene rings is 2. The molecule has 0 spiro atoms. The summed E-state index contributed by atoms with van der Waals surface area (Å²) in [6.07, 6.45) is 17.9. The average Bonchev–Trinajstić information content (AvgIpc) is 2.71. The van der Waals surface area contributed by atoms with Gasteiger partial charge in [-0.25, -0.2) is 0 Å². The van der Waals surface area contributed by atoms with Gasteiger partial charge < -0.3 is 10.4 Å². The van der Waals surface area contributed by atoms with Crippen LogP contribution in [0.4, 0.5) is 11.4 Å². The first-order valence-corrected chi connectivity index (χ1v) is 11.4. The molecule has 0 unspecified atom stereocenters. The highest BCUT2D eigenvalue weighted by Gasteiger charge is 1.99. The van der Waals surface area contributed by atoms with Crippen molar-refractivity contribution in [1.82, 2.24) is 0 Å². The Morgan fingerprint density at radius 2 is 1.21 bits per heavy atom. The lowest BCUT2D eigenvalue weighted by molar-refractivity contribution is 0.475. The van der Waals surface area contributed by atoms with Crippen LogP contribution in [0, 0.1) is 0 Å². The van der Waals surface area contributed by atoms with Crippen molar-refractivity contribution in [3.8, 4) is 5.75 Å². The second-order valence-electron chi connectivity index (χ2n) is 8.01. The zero-order chi connectivity index (χ0) is 19.9. The van der Waals surface area contributed by atoms with Gasteiger partial charge >= 0.3 is 0 Å². The summed E-state index contributed by atoms with van der Waals surface area (Å²) < 4.78 is 0. The van der Waals surface area contributed by atoms with Gasteiger partial charge in [0.05, 0.1) is 0 Å². The Morgan fingerprint density at radius 3 is 1.82 bits per heavy atom. The van der Waals surface area contributed by atoms with Gasteiger partial charge in [-0.15, -0.1) is 0 Å². The third kappa shape index (κ3) is 9.82. The lowest BCUT2D eigenvalue weighted by atomic mass is 10.0. The molecule has 2 aromatic rings. The zero-order valence-electron chi connectivity index (χ0n) is 17.8. The molecule has 2 aromatic carbocycles. The summed E-state index contributed by atoms with van der Waals surface area (Å²) in [5.74, 6) is 0.297. The molecule has 0 saturated heterocycles. The van der Waals surface area contributed by atoms with Gasteiger partial charge in [0.1, 0.15) is 5.75 Å². The quantitative estimate of drug-likeness (QED) is 0.240. The molecule has 2 heteroatoms. The SMILES string of the molecule is CCCCCCCCCCCCCCc1cccc(Nc2ccc(O)cc2)c1. The maximum absolute atomic E-state index is 9.38. The number of hydrogen-bond acceptors (Lipinski definition) is 2. The smallest absolute Gasteiger partial charge is 0.115 e. The summed E-state index contributed by atoms with van der Waals surface area (Å²) in [5.41, 5.74) is 3.51. The number of unbranched alkanes of at least 4 members (excludes halogenated alkanes) is 11. The second-order valence-corrected chi connectivity index (χ2v) is 8.01. The Morgan fingerprint density at radius 1 is 0.643 bits per heavy atom. The third-order valence-corrected chi connectivity index (χ3v) is 5.40. The molecule has 0 bridgehead atoms. The minimum Gasteiger partial charge on any atom is -0.508 e. The standard InChI is InChI=1S/C26H39NO/c1-2-3-4-5-6-7-8-9-10-11-12-13-15-23-16-14-17-25(22-23)27-24-18-20-26(28)21-19-24/h14,16-22,27-28H,2-13,15H2,1H3. The van der Waals surface area contributed by atoms with Crippen molar-refractivity contribution >= 4 is 11.4 Å². The van der Waals surface area contributed by atoms with Gasteiger partial charge in [-0.3, -0.25) is 0 Å². The molecule has 0 aliphatic rings. The number of anilines is 2. The number of phenols is 1. The van der Waals surface area contributed by atoms with Gasteiger partial charge in [0.25, 0.3) is 0 Å². The molecule has 0 fully saturated rings. The summed E-state index contributed by atoms with van der Waals surface area (Å²) in [5, 5.41) is 12.8. The normalized spacial score (nSPS) is 10.9. The van der Waals surface area contributed by atoms with E-state index in [0.717, 1.165) is 17.8 Å². The van der Waals surface area contributed by atoms with Crippen molar-refractivity contribution in [2.45, 2.75) is 90.4 Å². The van der Waals surface area contributed by atoms with Crippen LogP contribution in [-0.4, -0.2) is 5.11 Å². The van der Waals surface area contributed by atoms with E-state index in [2.05, 4.69) is 36.5 Å². The average molecular weight is 382 g/mol. The van der Waals surface area contributed by atoms with Crippen molar-refractivity contribution < 1.29 is 5.11 Å².